The molecule has 9 heteroatoms. The van der Waals surface area contributed by atoms with Gasteiger partial charge in [-0.05, 0) is 17.9 Å². The molecule has 1 heterocycles. The highest BCUT2D eigenvalue weighted by molar-refractivity contribution is 7.99. The van der Waals surface area contributed by atoms with Gasteiger partial charge in [-0.25, -0.2) is 4.98 Å². The Kier molecular flexibility index (Phi) is 6.86. The summed E-state index contributed by atoms with van der Waals surface area (Å²) >= 11 is 1.45. The first-order chi connectivity index (χ1) is 10.6. The number of likely N-dealkylation sites (N-methyl/N-ethyl adjacent to an activating group) is 1. The van der Waals surface area contributed by atoms with Crippen LogP contribution in [0.25, 0.3) is 0 Å². The van der Waals surface area contributed by atoms with Crippen molar-refractivity contribution in [2.24, 2.45) is 0 Å². The van der Waals surface area contributed by atoms with Crippen molar-refractivity contribution in [3.63, 3.8) is 0 Å². The topological polar surface area (TPSA) is 53.5 Å². The van der Waals surface area contributed by atoms with Crippen molar-refractivity contribution in [2.45, 2.75) is 18.1 Å². The fourth-order valence-electron chi connectivity index (χ4n) is 1.64. The van der Waals surface area contributed by atoms with Gasteiger partial charge in [0.25, 0.3) is 5.91 Å². The molecule has 1 rings (SSSR count). The number of hydrogen-bond donors (Lipinski definition) is 0. The van der Waals surface area contributed by atoms with Crippen LogP contribution in [0.1, 0.15) is 17.3 Å². The van der Waals surface area contributed by atoms with Gasteiger partial charge in [0.2, 0.25) is 5.91 Å². The Balaban J connectivity index is 2.95. The number of aromatic nitrogens is 1. The van der Waals surface area contributed by atoms with Gasteiger partial charge in [0, 0.05) is 20.3 Å². The summed E-state index contributed by atoms with van der Waals surface area (Å²) in [5.41, 5.74) is 0.0151. The highest BCUT2D eigenvalue weighted by Gasteiger charge is 2.34. The molecule has 0 saturated carbocycles. The maximum Gasteiger partial charge on any atom is 0.406 e. The van der Waals surface area contributed by atoms with Crippen molar-refractivity contribution >= 4 is 23.6 Å². The average Bonchev–Trinajstić information content (AvgIpc) is 2.45. The maximum absolute atomic E-state index is 12.7. The Morgan fingerprint density at radius 3 is 2.35 bits per heavy atom. The molecule has 0 atom stereocenters. The number of amides is 2. The zero-order valence-corrected chi connectivity index (χ0v) is 13.9. The molecule has 23 heavy (non-hydrogen) atoms. The van der Waals surface area contributed by atoms with Crippen molar-refractivity contribution in [3.8, 4) is 0 Å². The first kappa shape index (κ1) is 19.3. The molecular formula is C14H18F3N3O2S. The summed E-state index contributed by atoms with van der Waals surface area (Å²) in [6.07, 6.45) is -3.36. The molecule has 0 aliphatic carbocycles. The van der Waals surface area contributed by atoms with Crippen LogP contribution in [0.3, 0.4) is 0 Å². The molecule has 1 aromatic heterocycles. The number of rotatable bonds is 6. The van der Waals surface area contributed by atoms with Crippen molar-refractivity contribution in [1.29, 1.82) is 0 Å². The molecule has 0 aliphatic rings. The number of carbonyl (C=O) groups is 2. The zero-order valence-electron chi connectivity index (χ0n) is 13.1. The van der Waals surface area contributed by atoms with Crippen LogP contribution in [0.2, 0.25) is 0 Å². The smallest absolute Gasteiger partial charge is 0.347 e. The Morgan fingerprint density at radius 1 is 1.26 bits per heavy atom. The largest absolute Gasteiger partial charge is 0.406 e. The highest BCUT2D eigenvalue weighted by atomic mass is 32.2. The van der Waals surface area contributed by atoms with Gasteiger partial charge in [0.05, 0.1) is 10.6 Å². The molecule has 128 valence electrons. The van der Waals surface area contributed by atoms with Crippen LogP contribution in [0, 0.1) is 0 Å². The van der Waals surface area contributed by atoms with E-state index in [1.165, 1.54) is 38.1 Å². The predicted octanol–water partition coefficient (Wildman–Crippen LogP) is 2.29. The number of hydrogen-bond acceptors (Lipinski definition) is 4. The van der Waals surface area contributed by atoms with Crippen LogP contribution in [-0.4, -0.2) is 65.7 Å². The first-order valence-electron chi connectivity index (χ1n) is 6.79. The second kappa shape index (κ2) is 8.19. The Morgan fingerprint density at radius 2 is 1.91 bits per heavy atom. The fourth-order valence-corrected chi connectivity index (χ4v) is 2.23. The lowest BCUT2D eigenvalue weighted by molar-refractivity contribution is -0.146. The molecule has 0 saturated heterocycles. The van der Waals surface area contributed by atoms with Crippen LogP contribution in [0.4, 0.5) is 13.2 Å². The van der Waals surface area contributed by atoms with E-state index < -0.39 is 31.1 Å². The van der Waals surface area contributed by atoms with E-state index in [0.29, 0.717) is 9.93 Å². The number of halogens is 3. The molecule has 1 aromatic rings. The van der Waals surface area contributed by atoms with Gasteiger partial charge in [-0.15, -0.1) is 11.8 Å². The van der Waals surface area contributed by atoms with E-state index >= 15 is 0 Å². The van der Waals surface area contributed by atoms with Crippen molar-refractivity contribution in [1.82, 2.24) is 14.8 Å². The van der Waals surface area contributed by atoms with E-state index in [9.17, 15) is 22.8 Å². The van der Waals surface area contributed by atoms with Gasteiger partial charge < -0.3 is 9.80 Å². The minimum atomic E-state index is -4.59. The number of thioether (sulfide) groups is 1. The SMILES string of the molecule is CCSc1ccc(C(=O)N(CC(=O)N(C)C)CC(F)(F)F)cn1. The van der Waals surface area contributed by atoms with Crippen molar-refractivity contribution in [2.75, 3.05) is 32.9 Å². The maximum atomic E-state index is 12.7. The number of pyridine rings is 1. The van der Waals surface area contributed by atoms with Crippen LogP contribution in [-0.2, 0) is 4.79 Å². The molecule has 0 unspecified atom stereocenters. The third-order valence-electron chi connectivity index (χ3n) is 2.76. The molecule has 0 spiro atoms. The van der Waals surface area contributed by atoms with E-state index in [2.05, 4.69) is 4.98 Å². The molecule has 0 bridgehead atoms. The molecule has 0 fully saturated rings. The van der Waals surface area contributed by atoms with Crippen LogP contribution < -0.4 is 0 Å². The summed E-state index contributed by atoms with van der Waals surface area (Å²) in [6.45, 7) is -0.197. The summed E-state index contributed by atoms with van der Waals surface area (Å²) in [5.74, 6) is -0.676. The fraction of sp³-hybridized carbons (Fsp3) is 0.500. The normalized spacial score (nSPS) is 11.2. The molecule has 0 N–H and O–H groups in total. The Hall–Kier alpha value is -1.77. The average molecular weight is 349 g/mol. The lowest BCUT2D eigenvalue weighted by Crippen LogP contribution is -2.44. The Bertz CT molecular complexity index is 547. The van der Waals surface area contributed by atoms with Crippen LogP contribution >= 0.6 is 11.8 Å². The molecule has 0 aromatic carbocycles. The molecule has 2 amide bonds. The van der Waals surface area contributed by atoms with Crippen LogP contribution in [0.15, 0.2) is 23.4 Å². The zero-order chi connectivity index (χ0) is 17.6. The third-order valence-corrected chi connectivity index (χ3v) is 3.58. The summed E-state index contributed by atoms with van der Waals surface area (Å²) < 4.78 is 38.0. The van der Waals surface area contributed by atoms with Crippen molar-refractivity contribution < 1.29 is 22.8 Å². The molecular weight excluding hydrogens is 331 g/mol. The van der Waals surface area contributed by atoms with Gasteiger partial charge in [-0.3, -0.25) is 9.59 Å². The summed E-state index contributed by atoms with van der Waals surface area (Å²) in [4.78, 5) is 29.6. The van der Waals surface area contributed by atoms with Crippen LogP contribution in [0.5, 0.6) is 0 Å². The summed E-state index contributed by atoms with van der Waals surface area (Å²) in [6, 6.07) is 2.98. The lowest BCUT2D eigenvalue weighted by atomic mass is 10.2. The second-order valence-electron chi connectivity index (χ2n) is 4.88. The summed E-state index contributed by atoms with van der Waals surface area (Å²) in [5, 5.41) is 0.677. The highest BCUT2D eigenvalue weighted by Crippen LogP contribution is 2.19. The van der Waals surface area contributed by atoms with E-state index in [-0.39, 0.29) is 5.56 Å². The van der Waals surface area contributed by atoms with E-state index in [1.54, 1.807) is 6.07 Å². The van der Waals surface area contributed by atoms with Gasteiger partial charge in [0.1, 0.15) is 13.1 Å². The van der Waals surface area contributed by atoms with Gasteiger partial charge in [-0.1, -0.05) is 6.92 Å². The number of carbonyl (C=O) groups excluding carboxylic acids is 2. The molecule has 5 nitrogen and oxygen atoms in total. The second-order valence-corrected chi connectivity index (χ2v) is 6.17. The molecule has 0 radical (unpaired) electrons. The first-order valence-corrected chi connectivity index (χ1v) is 7.77. The summed E-state index contributed by atoms with van der Waals surface area (Å²) in [7, 11) is 2.83. The lowest BCUT2D eigenvalue weighted by Gasteiger charge is -2.24. The van der Waals surface area contributed by atoms with Gasteiger partial charge in [0.15, 0.2) is 0 Å². The van der Waals surface area contributed by atoms with Crippen molar-refractivity contribution in [3.05, 3.63) is 23.9 Å². The number of alkyl halides is 3. The Labute approximate surface area is 136 Å². The van der Waals surface area contributed by atoms with E-state index in [1.807, 2.05) is 6.92 Å². The van der Waals surface area contributed by atoms with Gasteiger partial charge >= 0.3 is 6.18 Å². The minimum absolute atomic E-state index is 0.0151. The standard InChI is InChI=1S/C14H18F3N3O2S/c1-4-23-11-6-5-10(7-18-11)13(22)20(9-14(15,16)17)8-12(21)19(2)3/h5-7H,4,8-9H2,1-3H3. The van der Waals surface area contributed by atoms with E-state index in [4.69, 9.17) is 0 Å². The van der Waals surface area contributed by atoms with E-state index in [0.717, 1.165) is 10.7 Å². The van der Waals surface area contributed by atoms with Gasteiger partial charge in [-0.2, -0.15) is 13.2 Å². The third kappa shape index (κ3) is 6.47. The monoisotopic (exact) mass is 349 g/mol. The molecule has 0 aliphatic heterocycles. The predicted molar refractivity (Wildman–Crippen MR) is 81.3 cm³/mol. The quantitative estimate of drug-likeness (QED) is 0.740. The minimum Gasteiger partial charge on any atom is -0.347 e. The number of nitrogens with zero attached hydrogens (tertiary/aromatic N) is 3.